The van der Waals surface area contributed by atoms with Gasteiger partial charge >= 0.3 is 0 Å². The molecule has 0 fully saturated rings. The molecule has 0 saturated carbocycles. The molecule has 0 aliphatic rings. The fourth-order valence-electron chi connectivity index (χ4n) is 2.54. The van der Waals surface area contributed by atoms with Crippen LogP contribution in [0.4, 0.5) is 0 Å². The van der Waals surface area contributed by atoms with Gasteiger partial charge in [-0.05, 0) is 18.2 Å². The smallest absolute Gasteiger partial charge is 0.164 e. The molecular formula is C17H13IN5U-. The van der Waals surface area contributed by atoms with Crippen molar-refractivity contribution in [3.63, 3.8) is 0 Å². The van der Waals surface area contributed by atoms with Crippen molar-refractivity contribution in [2.75, 3.05) is 0 Å². The number of fused-ring (bicyclic) bond motifs is 1. The summed E-state index contributed by atoms with van der Waals surface area (Å²) in [6.45, 7) is 0.703. The van der Waals surface area contributed by atoms with Crippen LogP contribution in [0, 0.1) is 40.7 Å². The number of H-pyrrole nitrogens is 1. The first-order valence-electron chi connectivity index (χ1n) is 7.04. The van der Waals surface area contributed by atoms with E-state index in [1.807, 2.05) is 34.9 Å². The number of aromatic nitrogens is 5. The summed E-state index contributed by atoms with van der Waals surface area (Å²) in [7, 11) is 0. The van der Waals surface area contributed by atoms with Gasteiger partial charge in [-0.1, -0.05) is 8.08 Å². The minimum absolute atomic E-state index is 0. The molecule has 4 rings (SSSR count). The standard InChI is InChI=1S/C17H13IN5.U/c1-18-14-5-3-2-4-13(14)9-23-11-21-22-17(23)12-6-7-15-16(8-12)20-10-19-15;/h2-3,5-8,10-11H,1,9H2,(H,19,20);/q-1;. The molecule has 0 atom stereocenters. The van der Waals surface area contributed by atoms with Gasteiger partial charge in [0.2, 0.25) is 0 Å². The zero-order valence-electron chi connectivity index (χ0n) is 12.7. The number of imidazole rings is 1. The van der Waals surface area contributed by atoms with Crippen LogP contribution in [0.3, 0.4) is 0 Å². The molecule has 0 aliphatic carbocycles. The molecular weight excluding hydrogens is 639 g/mol. The van der Waals surface area contributed by atoms with E-state index in [0.717, 1.165) is 22.4 Å². The monoisotopic (exact) mass is 652 g/mol. The molecule has 0 unspecified atom stereocenters. The van der Waals surface area contributed by atoms with Crippen LogP contribution in [-0.4, -0.2) is 29.2 Å². The van der Waals surface area contributed by atoms with Gasteiger partial charge in [0.15, 0.2) is 5.82 Å². The van der Waals surface area contributed by atoms with Crippen LogP contribution in [0.1, 0.15) is 5.56 Å². The Hall–Kier alpha value is -1.30. The van der Waals surface area contributed by atoms with Crippen molar-refractivity contribution >= 4 is 36.3 Å². The summed E-state index contributed by atoms with van der Waals surface area (Å²) in [5, 5.41) is 8.37. The van der Waals surface area contributed by atoms with Crippen molar-refractivity contribution in [3.8, 4) is 11.4 Å². The molecule has 2 aromatic heterocycles. The fourth-order valence-corrected chi connectivity index (χ4v) is 3.78. The van der Waals surface area contributed by atoms with Crippen molar-refractivity contribution in [1.29, 1.82) is 0 Å². The maximum Gasteiger partial charge on any atom is 0.164 e. The van der Waals surface area contributed by atoms with Gasteiger partial charge in [-0.2, -0.15) is 45.0 Å². The molecule has 7 heteroatoms. The van der Waals surface area contributed by atoms with Crippen LogP contribution in [0.15, 0.2) is 49.1 Å². The number of nitrogens with zero attached hydrogens (tertiary/aromatic N) is 4. The first-order chi connectivity index (χ1) is 11.3. The number of aromatic amines is 1. The summed E-state index contributed by atoms with van der Waals surface area (Å²) in [4.78, 5) is 7.38. The molecule has 2 heterocycles. The van der Waals surface area contributed by atoms with Crippen molar-refractivity contribution < 1.29 is 31.1 Å². The van der Waals surface area contributed by atoms with Crippen LogP contribution in [0.5, 0.6) is 0 Å². The molecule has 1 N–H and O–H groups in total. The van der Waals surface area contributed by atoms with E-state index in [1.165, 1.54) is 9.13 Å². The van der Waals surface area contributed by atoms with Gasteiger partial charge in [0.05, 0.1) is 17.4 Å². The van der Waals surface area contributed by atoms with Crippen LogP contribution >= 0.6 is 20.7 Å². The van der Waals surface area contributed by atoms with Crippen LogP contribution in [0.2, 0.25) is 0 Å². The second kappa shape index (κ2) is 7.72. The number of hydrogen-bond acceptors (Lipinski definition) is 3. The van der Waals surface area contributed by atoms with Gasteiger partial charge in [-0.25, -0.2) is 4.98 Å². The van der Waals surface area contributed by atoms with Crippen molar-refractivity contribution in [2.24, 2.45) is 0 Å². The molecule has 0 saturated heterocycles. The molecule has 2 aromatic carbocycles. The second-order valence-corrected chi connectivity index (χ2v) is 6.97. The third kappa shape index (κ3) is 3.39. The van der Waals surface area contributed by atoms with Gasteiger partial charge in [0, 0.05) is 43.2 Å². The zero-order valence-corrected chi connectivity index (χ0v) is 19.0. The summed E-state index contributed by atoms with van der Waals surface area (Å²) >= 11 is -0.227. The van der Waals surface area contributed by atoms with Gasteiger partial charge in [-0.3, -0.25) is 0 Å². The third-order valence-electron chi connectivity index (χ3n) is 3.65. The van der Waals surface area contributed by atoms with Crippen LogP contribution < -0.4 is 0 Å². The van der Waals surface area contributed by atoms with E-state index in [2.05, 4.69) is 36.8 Å². The summed E-state index contributed by atoms with van der Waals surface area (Å²) in [5.41, 5.74) is 4.12. The molecule has 0 bridgehead atoms. The molecule has 5 nitrogen and oxygen atoms in total. The third-order valence-corrected chi connectivity index (χ3v) is 5.48. The Morgan fingerprint density at radius 3 is 3.08 bits per heavy atom. The molecule has 0 amide bonds. The Morgan fingerprint density at radius 1 is 1.29 bits per heavy atom. The normalized spacial score (nSPS) is 10.7. The fraction of sp³-hybridized carbons (Fsp3) is 0.0588. The number of rotatable bonds is 4. The average Bonchev–Trinajstić information content (AvgIpc) is 3.23. The molecule has 118 valence electrons. The molecule has 24 heavy (non-hydrogen) atoms. The maximum absolute atomic E-state index is 4.29. The summed E-state index contributed by atoms with van der Waals surface area (Å²) in [6, 6.07) is 15.5. The number of halogens is 1. The van der Waals surface area contributed by atoms with Gasteiger partial charge in [0.25, 0.3) is 0 Å². The van der Waals surface area contributed by atoms with Crippen molar-refractivity contribution in [1.82, 2.24) is 24.7 Å². The summed E-state index contributed by atoms with van der Waals surface area (Å²) in [5.74, 6) is 0.840. The minimum atomic E-state index is -0.227. The largest absolute Gasteiger partial charge is 0.345 e. The van der Waals surface area contributed by atoms with E-state index >= 15 is 0 Å². The topological polar surface area (TPSA) is 59.4 Å². The Bertz CT molecular complexity index is 991. The number of hydrogen-bond donors (Lipinski definition) is 1. The summed E-state index contributed by atoms with van der Waals surface area (Å²) < 4.78 is 7.44. The number of nitrogens with one attached hydrogen (secondary N) is 1. The van der Waals surface area contributed by atoms with E-state index in [9.17, 15) is 0 Å². The predicted octanol–water partition coefficient (Wildman–Crippen LogP) is 3.24. The van der Waals surface area contributed by atoms with Crippen LogP contribution in [-0.2, 0) is 6.54 Å². The van der Waals surface area contributed by atoms with E-state index in [0.29, 0.717) is 6.54 Å². The van der Waals surface area contributed by atoms with E-state index in [-0.39, 0.29) is 51.8 Å². The van der Waals surface area contributed by atoms with Gasteiger partial charge in [-0.15, -0.1) is 15.8 Å². The predicted molar refractivity (Wildman–Crippen MR) is 99.3 cm³/mol. The Balaban J connectivity index is 0.00000169. The summed E-state index contributed by atoms with van der Waals surface area (Å²) in [6.07, 6.45) is 3.46. The van der Waals surface area contributed by atoms with Crippen molar-refractivity contribution in [2.45, 2.75) is 6.54 Å². The van der Waals surface area contributed by atoms with Crippen molar-refractivity contribution in [3.05, 3.63) is 64.3 Å². The second-order valence-electron chi connectivity index (χ2n) is 5.05. The Kier molecular flexibility index (Phi) is 5.64. The molecule has 0 spiro atoms. The molecule has 0 aliphatic heterocycles. The minimum Gasteiger partial charge on any atom is -0.345 e. The van der Waals surface area contributed by atoms with Gasteiger partial charge < -0.3 is 9.55 Å². The SMILES string of the molecule is C=Ic1ccc[c-]c1Cn1cnnc1-c1ccc2nc[nH]c2c1.[U]. The first-order valence-corrected chi connectivity index (χ1v) is 9.65. The first kappa shape index (κ1) is 17.5. The number of benzene rings is 2. The quantitative estimate of drug-likeness (QED) is 0.273. The maximum atomic E-state index is 4.29. The molecule has 0 radical (unpaired) electrons. The van der Waals surface area contributed by atoms with E-state index in [4.69, 9.17) is 0 Å². The average molecular weight is 652 g/mol. The van der Waals surface area contributed by atoms with Crippen LogP contribution in [0.25, 0.3) is 22.4 Å². The Morgan fingerprint density at radius 2 is 2.21 bits per heavy atom. The Labute approximate surface area is 173 Å². The van der Waals surface area contributed by atoms with E-state index in [1.54, 1.807) is 12.7 Å². The molecule has 4 aromatic rings. The van der Waals surface area contributed by atoms with Gasteiger partial charge in [0.1, 0.15) is 6.33 Å². The zero-order chi connectivity index (χ0) is 15.6. The van der Waals surface area contributed by atoms with E-state index < -0.39 is 0 Å².